The predicted molar refractivity (Wildman–Crippen MR) is 119 cm³/mol. The molecule has 1 aliphatic heterocycles. The Kier molecular flexibility index (Phi) is 5.93. The van der Waals surface area contributed by atoms with Crippen LogP contribution >= 0.6 is 23.2 Å². The largest absolute Gasteiger partial charge is 0.353 e. The van der Waals surface area contributed by atoms with Crippen molar-refractivity contribution in [3.63, 3.8) is 0 Å². The summed E-state index contributed by atoms with van der Waals surface area (Å²) in [7, 11) is 0. The maximum atomic E-state index is 13.3. The Morgan fingerprint density at radius 2 is 1.97 bits per heavy atom. The molecule has 10 heteroatoms. The predicted octanol–water partition coefficient (Wildman–Crippen LogP) is 3.35. The van der Waals surface area contributed by atoms with Crippen molar-refractivity contribution < 1.29 is 4.79 Å². The van der Waals surface area contributed by atoms with Gasteiger partial charge in [0.2, 0.25) is 5.95 Å². The van der Waals surface area contributed by atoms with E-state index in [-0.39, 0.29) is 24.1 Å². The number of nitrogens with zero attached hydrogens (tertiary/aromatic N) is 5. The molecule has 0 bridgehead atoms. The highest BCUT2D eigenvalue weighted by molar-refractivity contribution is 6.42. The van der Waals surface area contributed by atoms with Crippen LogP contribution in [0.3, 0.4) is 0 Å². The molecule has 4 rings (SSSR count). The SMILES string of the molecule is CC(C)Nc1nc2c(c(=O)n1-c1ccnnc1)CCN(C(=O)c1ccc(Cl)c(Cl)c1)C2. The number of amides is 1. The average Bonchev–Trinajstić information content (AvgIpc) is 2.75. The molecule has 1 N–H and O–H groups in total. The van der Waals surface area contributed by atoms with Crippen LogP contribution in [-0.4, -0.2) is 43.1 Å². The lowest BCUT2D eigenvalue weighted by molar-refractivity contribution is 0.0731. The topological polar surface area (TPSA) is 93.0 Å². The monoisotopic (exact) mass is 458 g/mol. The maximum absolute atomic E-state index is 13.3. The second-order valence-electron chi connectivity index (χ2n) is 7.51. The Hall–Kier alpha value is -2.97. The molecule has 0 radical (unpaired) electrons. The van der Waals surface area contributed by atoms with Crippen molar-refractivity contribution in [3.05, 3.63) is 73.9 Å². The van der Waals surface area contributed by atoms with Crippen molar-refractivity contribution >= 4 is 35.1 Å². The van der Waals surface area contributed by atoms with Crippen LogP contribution in [0.5, 0.6) is 0 Å². The van der Waals surface area contributed by atoms with Crippen molar-refractivity contribution in [2.24, 2.45) is 0 Å². The van der Waals surface area contributed by atoms with Crippen LogP contribution in [0.15, 0.2) is 41.5 Å². The van der Waals surface area contributed by atoms with Gasteiger partial charge in [-0.25, -0.2) is 9.55 Å². The Morgan fingerprint density at radius 3 is 2.65 bits per heavy atom. The minimum atomic E-state index is -0.188. The number of halogens is 2. The molecule has 31 heavy (non-hydrogen) atoms. The number of fused-ring (bicyclic) bond motifs is 1. The third-order valence-corrected chi connectivity index (χ3v) is 5.67. The first-order valence-corrected chi connectivity index (χ1v) is 10.5. The van der Waals surface area contributed by atoms with E-state index in [1.54, 1.807) is 29.2 Å². The van der Waals surface area contributed by atoms with Gasteiger partial charge in [0.15, 0.2) is 0 Å². The van der Waals surface area contributed by atoms with Gasteiger partial charge in [0.25, 0.3) is 11.5 Å². The summed E-state index contributed by atoms with van der Waals surface area (Å²) in [5, 5.41) is 11.6. The van der Waals surface area contributed by atoms with Crippen molar-refractivity contribution in [1.82, 2.24) is 24.6 Å². The summed E-state index contributed by atoms with van der Waals surface area (Å²) >= 11 is 12.0. The molecule has 3 heterocycles. The van der Waals surface area contributed by atoms with E-state index in [1.165, 1.54) is 17.0 Å². The fourth-order valence-corrected chi connectivity index (χ4v) is 3.78. The summed E-state index contributed by atoms with van der Waals surface area (Å²) < 4.78 is 1.50. The number of rotatable bonds is 4. The molecule has 2 aromatic heterocycles. The van der Waals surface area contributed by atoms with E-state index in [2.05, 4.69) is 15.5 Å². The number of hydrogen-bond donors (Lipinski definition) is 1. The summed E-state index contributed by atoms with van der Waals surface area (Å²) in [5.41, 5.74) is 2.00. The van der Waals surface area contributed by atoms with E-state index in [0.29, 0.717) is 51.5 Å². The molecule has 1 amide bonds. The smallest absolute Gasteiger partial charge is 0.263 e. The van der Waals surface area contributed by atoms with Gasteiger partial charge in [0.1, 0.15) is 0 Å². The van der Waals surface area contributed by atoms with E-state index in [4.69, 9.17) is 28.2 Å². The Labute approximate surface area is 188 Å². The Morgan fingerprint density at radius 1 is 1.16 bits per heavy atom. The molecular weight excluding hydrogens is 439 g/mol. The van der Waals surface area contributed by atoms with E-state index >= 15 is 0 Å². The van der Waals surface area contributed by atoms with Crippen LogP contribution in [0.4, 0.5) is 5.95 Å². The van der Waals surface area contributed by atoms with Crippen molar-refractivity contribution in [1.29, 1.82) is 0 Å². The van der Waals surface area contributed by atoms with E-state index in [9.17, 15) is 9.59 Å². The van der Waals surface area contributed by atoms with Crippen LogP contribution in [-0.2, 0) is 13.0 Å². The van der Waals surface area contributed by atoms with Gasteiger partial charge < -0.3 is 10.2 Å². The number of hydrogen-bond acceptors (Lipinski definition) is 6. The summed E-state index contributed by atoms with van der Waals surface area (Å²) in [5.74, 6) is 0.211. The molecule has 0 atom stereocenters. The van der Waals surface area contributed by atoms with Gasteiger partial charge in [-0.1, -0.05) is 23.2 Å². The number of carbonyl (C=O) groups excluding carboxylic acids is 1. The van der Waals surface area contributed by atoms with Crippen molar-refractivity contribution in [2.75, 3.05) is 11.9 Å². The fourth-order valence-electron chi connectivity index (χ4n) is 3.48. The second kappa shape index (κ2) is 8.64. The number of benzene rings is 1. The fraction of sp³-hybridized carbons (Fsp3) is 0.286. The molecule has 3 aromatic rings. The molecule has 8 nitrogen and oxygen atoms in total. The van der Waals surface area contributed by atoms with Crippen LogP contribution in [0.2, 0.25) is 10.0 Å². The first-order valence-electron chi connectivity index (χ1n) is 9.78. The van der Waals surface area contributed by atoms with Gasteiger partial charge in [0, 0.05) is 23.7 Å². The molecule has 160 valence electrons. The van der Waals surface area contributed by atoms with Gasteiger partial charge in [-0.2, -0.15) is 10.2 Å². The zero-order valence-corrected chi connectivity index (χ0v) is 18.5. The number of nitrogens with one attached hydrogen (secondary N) is 1. The van der Waals surface area contributed by atoms with E-state index in [1.807, 2.05) is 13.8 Å². The van der Waals surface area contributed by atoms with E-state index < -0.39 is 0 Å². The molecule has 0 aliphatic carbocycles. The first-order chi connectivity index (χ1) is 14.8. The molecule has 1 aromatic carbocycles. The number of anilines is 1. The lowest BCUT2D eigenvalue weighted by Crippen LogP contribution is -2.41. The lowest BCUT2D eigenvalue weighted by Gasteiger charge is -2.29. The van der Waals surface area contributed by atoms with Gasteiger partial charge in [0.05, 0.1) is 40.4 Å². The van der Waals surface area contributed by atoms with Crippen LogP contribution in [0.25, 0.3) is 5.69 Å². The Bertz CT molecular complexity index is 1200. The van der Waals surface area contributed by atoms with Crippen LogP contribution in [0.1, 0.15) is 35.5 Å². The van der Waals surface area contributed by atoms with Gasteiger partial charge in [-0.15, -0.1) is 0 Å². The summed E-state index contributed by atoms with van der Waals surface area (Å²) in [6.07, 6.45) is 3.44. The van der Waals surface area contributed by atoms with Crippen molar-refractivity contribution in [3.8, 4) is 5.69 Å². The quantitative estimate of drug-likeness (QED) is 0.644. The lowest BCUT2D eigenvalue weighted by atomic mass is 10.0. The summed E-state index contributed by atoms with van der Waals surface area (Å²) in [6.45, 7) is 4.54. The summed E-state index contributed by atoms with van der Waals surface area (Å²) in [4.78, 5) is 32.7. The Balaban J connectivity index is 1.72. The molecule has 1 aliphatic rings. The molecule has 0 saturated carbocycles. The minimum absolute atomic E-state index is 0.0449. The van der Waals surface area contributed by atoms with Crippen LogP contribution < -0.4 is 10.9 Å². The first kappa shape index (κ1) is 21.3. The molecular formula is C21H20Cl2N6O2. The number of aromatic nitrogens is 4. The molecule has 0 spiro atoms. The third kappa shape index (κ3) is 4.26. The van der Waals surface area contributed by atoms with E-state index in [0.717, 1.165) is 0 Å². The average molecular weight is 459 g/mol. The normalized spacial score (nSPS) is 13.3. The van der Waals surface area contributed by atoms with Crippen molar-refractivity contribution in [2.45, 2.75) is 32.9 Å². The zero-order chi connectivity index (χ0) is 22.1. The standard InChI is InChI=1S/C21H20Cl2N6O2/c1-12(2)26-21-27-18-11-28(19(30)13-3-4-16(22)17(23)9-13)8-6-15(18)20(31)29(21)14-5-7-24-25-10-14/h3-5,7,9-10,12H,6,8,11H2,1-2H3,(H,26,27). The molecule has 0 unspecified atom stereocenters. The third-order valence-electron chi connectivity index (χ3n) is 4.93. The minimum Gasteiger partial charge on any atom is -0.353 e. The van der Waals surface area contributed by atoms with Gasteiger partial charge in [-0.05, 0) is 44.5 Å². The number of carbonyl (C=O) groups is 1. The zero-order valence-electron chi connectivity index (χ0n) is 17.0. The van der Waals surface area contributed by atoms with Crippen LogP contribution in [0, 0.1) is 0 Å². The highest BCUT2D eigenvalue weighted by atomic mass is 35.5. The second-order valence-corrected chi connectivity index (χ2v) is 8.32. The van der Waals surface area contributed by atoms with Gasteiger partial charge >= 0.3 is 0 Å². The van der Waals surface area contributed by atoms with Gasteiger partial charge in [-0.3, -0.25) is 9.59 Å². The highest BCUT2D eigenvalue weighted by Crippen LogP contribution is 2.25. The summed E-state index contributed by atoms with van der Waals surface area (Å²) in [6, 6.07) is 6.54. The highest BCUT2D eigenvalue weighted by Gasteiger charge is 2.27. The maximum Gasteiger partial charge on any atom is 0.263 e. The molecule has 0 saturated heterocycles. The molecule has 0 fully saturated rings.